The summed E-state index contributed by atoms with van der Waals surface area (Å²) in [6.07, 6.45) is 0. The number of rotatable bonds is 8. The molecule has 7 heteroatoms. The predicted molar refractivity (Wildman–Crippen MR) is 112 cm³/mol. The van der Waals surface area contributed by atoms with Crippen LogP contribution in [0.15, 0.2) is 47.8 Å². The average molecular weight is 401 g/mol. The number of carbonyl (C=O) groups is 2. The zero-order valence-electron chi connectivity index (χ0n) is 16.3. The van der Waals surface area contributed by atoms with Gasteiger partial charge in [0.25, 0.3) is 0 Å². The van der Waals surface area contributed by atoms with Gasteiger partial charge in [-0.25, -0.2) is 0 Å². The molecule has 3 rings (SSSR count). The predicted octanol–water partition coefficient (Wildman–Crippen LogP) is 1.64. The van der Waals surface area contributed by atoms with E-state index < -0.39 is 0 Å². The number of thiophene rings is 1. The van der Waals surface area contributed by atoms with Gasteiger partial charge < -0.3 is 10.2 Å². The molecule has 0 aliphatic carbocycles. The molecule has 1 saturated heterocycles. The first-order valence-corrected chi connectivity index (χ1v) is 10.5. The van der Waals surface area contributed by atoms with Crippen LogP contribution in [-0.4, -0.2) is 72.8 Å². The summed E-state index contributed by atoms with van der Waals surface area (Å²) in [7, 11) is 1.86. The molecule has 0 radical (unpaired) electrons. The Labute approximate surface area is 170 Å². The van der Waals surface area contributed by atoms with E-state index in [-0.39, 0.29) is 11.8 Å². The molecule has 0 spiro atoms. The van der Waals surface area contributed by atoms with Gasteiger partial charge in [0.1, 0.15) is 0 Å². The van der Waals surface area contributed by atoms with Crippen LogP contribution in [0.1, 0.15) is 10.4 Å². The van der Waals surface area contributed by atoms with E-state index in [0.29, 0.717) is 26.2 Å². The summed E-state index contributed by atoms with van der Waals surface area (Å²) in [6, 6.07) is 14.0. The van der Waals surface area contributed by atoms with Crippen molar-refractivity contribution in [3.63, 3.8) is 0 Å². The molecular weight excluding hydrogens is 372 g/mol. The van der Waals surface area contributed by atoms with E-state index in [1.807, 2.05) is 48.8 Å². The summed E-state index contributed by atoms with van der Waals surface area (Å²) >= 11 is 1.67. The number of nitrogens with zero attached hydrogens (tertiary/aromatic N) is 3. The van der Waals surface area contributed by atoms with Crippen LogP contribution >= 0.6 is 11.3 Å². The lowest BCUT2D eigenvalue weighted by Crippen LogP contribution is -2.51. The van der Waals surface area contributed by atoms with Crippen molar-refractivity contribution in [2.24, 2.45) is 0 Å². The molecule has 1 aliphatic rings. The van der Waals surface area contributed by atoms with Crippen LogP contribution in [0.5, 0.6) is 0 Å². The third-order valence-corrected chi connectivity index (χ3v) is 5.78. The lowest BCUT2D eigenvalue weighted by Gasteiger charge is -2.34. The maximum Gasteiger partial charge on any atom is 0.236 e. The Bertz CT molecular complexity index is 743. The maximum atomic E-state index is 12.4. The lowest BCUT2D eigenvalue weighted by atomic mass is 10.2. The summed E-state index contributed by atoms with van der Waals surface area (Å²) in [6.45, 7) is 5.31. The van der Waals surface area contributed by atoms with Crippen molar-refractivity contribution >= 4 is 23.2 Å². The van der Waals surface area contributed by atoms with Gasteiger partial charge in [-0.1, -0.05) is 36.4 Å². The van der Waals surface area contributed by atoms with Crippen LogP contribution in [0.2, 0.25) is 0 Å². The molecule has 28 heavy (non-hydrogen) atoms. The fourth-order valence-corrected chi connectivity index (χ4v) is 3.95. The van der Waals surface area contributed by atoms with Crippen molar-refractivity contribution in [2.45, 2.75) is 13.1 Å². The van der Waals surface area contributed by atoms with Crippen molar-refractivity contribution in [2.75, 3.05) is 46.3 Å². The smallest absolute Gasteiger partial charge is 0.236 e. The molecular formula is C21H28N4O2S. The molecule has 6 nitrogen and oxygen atoms in total. The fraction of sp³-hybridized carbons (Fsp3) is 0.429. The minimum Gasteiger partial charge on any atom is -0.351 e. The maximum absolute atomic E-state index is 12.4. The highest BCUT2D eigenvalue weighted by molar-refractivity contribution is 7.09. The van der Waals surface area contributed by atoms with Crippen molar-refractivity contribution in [3.05, 3.63) is 58.3 Å². The highest BCUT2D eigenvalue weighted by atomic mass is 32.1. The largest absolute Gasteiger partial charge is 0.351 e. The van der Waals surface area contributed by atoms with Crippen molar-refractivity contribution in [1.82, 2.24) is 20.0 Å². The van der Waals surface area contributed by atoms with E-state index in [9.17, 15) is 9.59 Å². The van der Waals surface area contributed by atoms with Crippen molar-refractivity contribution in [3.8, 4) is 0 Å². The van der Waals surface area contributed by atoms with E-state index in [1.165, 1.54) is 4.88 Å². The minimum absolute atomic E-state index is 0.0454. The SMILES string of the molecule is CN(Cc1cccs1)C(=O)CN1CCN(CC(=O)NCc2ccccc2)CC1. The Hall–Kier alpha value is -2.22. The topological polar surface area (TPSA) is 55.9 Å². The lowest BCUT2D eigenvalue weighted by molar-refractivity contribution is -0.132. The summed E-state index contributed by atoms with van der Waals surface area (Å²) < 4.78 is 0. The van der Waals surface area contributed by atoms with Crippen LogP contribution in [0.3, 0.4) is 0 Å². The van der Waals surface area contributed by atoms with E-state index in [2.05, 4.69) is 21.2 Å². The van der Waals surface area contributed by atoms with Gasteiger partial charge in [-0.3, -0.25) is 19.4 Å². The number of benzene rings is 1. The van der Waals surface area contributed by atoms with Gasteiger partial charge >= 0.3 is 0 Å². The van der Waals surface area contributed by atoms with E-state index >= 15 is 0 Å². The Morgan fingerprint density at radius 1 is 1.00 bits per heavy atom. The second kappa shape index (κ2) is 10.4. The molecule has 2 amide bonds. The Morgan fingerprint density at radius 2 is 1.68 bits per heavy atom. The quantitative estimate of drug-likeness (QED) is 0.732. The number of likely N-dealkylation sites (N-methyl/N-ethyl adjacent to an activating group) is 1. The number of piperazine rings is 1. The molecule has 2 heterocycles. The number of nitrogens with one attached hydrogen (secondary N) is 1. The average Bonchev–Trinajstić information content (AvgIpc) is 3.21. The number of amides is 2. The number of hydrogen-bond acceptors (Lipinski definition) is 5. The summed E-state index contributed by atoms with van der Waals surface area (Å²) in [5.41, 5.74) is 1.10. The monoisotopic (exact) mass is 400 g/mol. The molecule has 1 aromatic heterocycles. The molecule has 1 N–H and O–H groups in total. The second-order valence-electron chi connectivity index (χ2n) is 7.14. The second-order valence-corrected chi connectivity index (χ2v) is 8.18. The van der Waals surface area contributed by atoms with Gasteiger partial charge in [0.2, 0.25) is 11.8 Å². The Morgan fingerprint density at radius 3 is 2.32 bits per heavy atom. The Kier molecular flexibility index (Phi) is 7.59. The van der Waals surface area contributed by atoms with Crippen molar-refractivity contribution < 1.29 is 9.59 Å². The highest BCUT2D eigenvalue weighted by Crippen LogP contribution is 2.11. The van der Waals surface area contributed by atoms with E-state index in [1.54, 1.807) is 16.2 Å². The molecule has 2 aromatic rings. The summed E-state index contributed by atoms with van der Waals surface area (Å²) in [5, 5.41) is 5.00. The van der Waals surface area contributed by atoms with E-state index in [0.717, 1.165) is 31.7 Å². The fourth-order valence-electron chi connectivity index (χ4n) is 3.20. The van der Waals surface area contributed by atoms with Gasteiger partial charge in [-0.2, -0.15) is 0 Å². The van der Waals surface area contributed by atoms with Crippen LogP contribution < -0.4 is 5.32 Å². The van der Waals surface area contributed by atoms with Crippen molar-refractivity contribution in [1.29, 1.82) is 0 Å². The summed E-state index contributed by atoms with van der Waals surface area (Å²) in [4.78, 5) is 31.9. The van der Waals surface area contributed by atoms with Crippen LogP contribution in [0, 0.1) is 0 Å². The first-order valence-electron chi connectivity index (χ1n) is 9.62. The molecule has 0 unspecified atom stereocenters. The minimum atomic E-state index is 0.0454. The van der Waals surface area contributed by atoms with Crippen LogP contribution in [0.4, 0.5) is 0 Å². The zero-order valence-corrected chi connectivity index (χ0v) is 17.2. The molecule has 0 bridgehead atoms. The third-order valence-electron chi connectivity index (χ3n) is 4.92. The zero-order chi connectivity index (χ0) is 19.8. The van der Waals surface area contributed by atoms with Gasteiger partial charge in [0.15, 0.2) is 0 Å². The first kappa shape index (κ1) is 20.5. The van der Waals surface area contributed by atoms with Crippen LogP contribution in [-0.2, 0) is 22.7 Å². The summed E-state index contributed by atoms with van der Waals surface area (Å²) in [5.74, 6) is 0.187. The normalized spacial score (nSPS) is 15.3. The first-order chi connectivity index (χ1) is 13.6. The third kappa shape index (κ3) is 6.44. The van der Waals surface area contributed by atoms with Gasteiger partial charge in [0.05, 0.1) is 19.6 Å². The molecule has 0 atom stereocenters. The molecule has 1 fully saturated rings. The standard InChI is InChI=1S/C21H28N4O2S/c1-23(15-19-8-5-13-28-19)21(27)17-25-11-9-24(10-12-25)16-20(26)22-14-18-6-3-2-4-7-18/h2-8,13H,9-12,14-17H2,1H3,(H,22,26). The molecule has 1 aliphatic heterocycles. The van der Waals surface area contributed by atoms with Gasteiger partial charge in [0, 0.05) is 44.6 Å². The molecule has 150 valence electrons. The number of hydrogen-bond donors (Lipinski definition) is 1. The Balaban J connectivity index is 1.33. The van der Waals surface area contributed by atoms with Crippen LogP contribution in [0.25, 0.3) is 0 Å². The molecule has 0 saturated carbocycles. The van der Waals surface area contributed by atoms with E-state index in [4.69, 9.17) is 0 Å². The molecule has 1 aromatic carbocycles. The number of carbonyl (C=O) groups excluding carboxylic acids is 2. The van der Waals surface area contributed by atoms with Gasteiger partial charge in [-0.05, 0) is 17.0 Å². The highest BCUT2D eigenvalue weighted by Gasteiger charge is 2.21. The van der Waals surface area contributed by atoms with Gasteiger partial charge in [-0.15, -0.1) is 11.3 Å².